The molecular weight excluding hydrogens is 218 g/mol. The lowest BCUT2D eigenvalue weighted by atomic mass is 10.2. The monoisotopic (exact) mass is 237 g/mol. The van der Waals surface area contributed by atoms with Crippen molar-refractivity contribution >= 4 is 11.7 Å². The number of aromatic hydroxyl groups is 1. The number of hydrogen-bond donors (Lipinski definition) is 2. The highest BCUT2D eigenvalue weighted by Gasteiger charge is 2.12. The Morgan fingerprint density at radius 3 is 2.82 bits per heavy atom. The van der Waals surface area contributed by atoms with Crippen LogP contribution in [0.3, 0.4) is 0 Å². The average Bonchev–Trinajstić information content (AvgIpc) is 2.32. The van der Waals surface area contributed by atoms with Gasteiger partial charge in [0.15, 0.2) is 0 Å². The van der Waals surface area contributed by atoms with Crippen molar-refractivity contribution in [1.29, 1.82) is 0 Å². The van der Waals surface area contributed by atoms with E-state index in [1.807, 2.05) is 0 Å². The second-order valence-corrected chi connectivity index (χ2v) is 3.97. The minimum Gasteiger partial charge on any atom is -0.507 e. The van der Waals surface area contributed by atoms with Gasteiger partial charge in [0.25, 0.3) is 0 Å². The summed E-state index contributed by atoms with van der Waals surface area (Å²) in [5.74, 6) is -0.621. The van der Waals surface area contributed by atoms with E-state index in [0.717, 1.165) is 25.7 Å². The van der Waals surface area contributed by atoms with Gasteiger partial charge in [-0.05, 0) is 24.6 Å². The number of carbonyl (C=O) groups is 1. The summed E-state index contributed by atoms with van der Waals surface area (Å²) < 4.78 is 5.06. The Bertz CT molecular complexity index is 377. The fourth-order valence-corrected chi connectivity index (χ4v) is 1.49. The van der Waals surface area contributed by atoms with Gasteiger partial charge in [-0.15, -0.1) is 0 Å². The van der Waals surface area contributed by atoms with E-state index in [2.05, 4.69) is 6.92 Å². The Hall–Kier alpha value is -1.71. The predicted octanol–water partition coefficient (Wildman–Crippen LogP) is 2.71. The first-order chi connectivity index (χ1) is 8.15. The van der Waals surface area contributed by atoms with Gasteiger partial charge in [-0.25, -0.2) is 4.79 Å². The zero-order valence-corrected chi connectivity index (χ0v) is 10.1. The molecule has 0 amide bonds. The molecule has 0 fully saturated rings. The van der Waals surface area contributed by atoms with E-state index in [-0.39, 0.29) is 11.3 Å². The molecular formula is C13H19NO3. The van der Waals surface area contributed by atoms with Gasteiger partial charge in [0.1, 0.15) is 11.3 Å². The van der Waals surface area contributed by atoms with Crippen LogP contribution in [0.5, 0.6) is 5.75 Å². The van der Waals surface area contributed by atoms with Crippen molar-refractivity contribution in [2.45, 2.75) is 32.6 Å². The Morgan fingerprint density at radius 2 is 2.12 bits per heavy atom. The average molecular weight is 237 g/mol. The Labute approximate surface area is 101 Å². The number of phenolic OH excluding ortho intramolecular Hbond substituents is 1. The fraction of sp³-hybridized carbons (Fsp3) is 0.462. The van der Waals surface area contributed by atoms with Gasteiger partial charge in [0, 0.05) is 5.69 Å². The molecule has 1 rings (SSSR count). The molecule has 0 aliphatic heterocycles. The van der Waals surface area contributed by atoms with Crippen molar-refractivity contribution in [3.05, 3.63) is 23.8 Å². The molecule has 0 atom stereocenters. The van der Waals surface area contributed by atoms with E-state index in [9.17, 15) is 9.90 Å². The molecule has 0 saturated heterocycles. The van der Waals surface area contributed by atoms with Gasteiger partial charge in [-0.3, -0.25) is 0 Å². The van der Waals surface area contributed by atoms with Gasteiger partial charge in [-0.2, -0.15) is 0 Å². The number of esters is 1. The summed E-state index contributed by atoms with van der Waals surface area (Å²) in [6.07, 6.45) is 4.18. The summed E-state index contributed by atoms with van der Waals surface area (Å²) in [5, 5.41) is 9.49. The van der Waals surface area contributed by atoms with Crippen molar-refractivity contribution in [2.75, 3.05) is 12.3 Å². The van der Waals surface area contributed by atoms with Crippen molar-refractivity contribution < 1.29 is 14.6 Å². The molecule has 17 heavy (non-hydrogen) atoms. The number of phenols is 1. The summed E-state index contributed by atoms with van der Waals surface area (Å²) in [6.45, 7) is 2.50. The molecule has 4 heteroatoms. The maximum atomic E-state index is 11.6. The van der Waals surface area contributed by atoms with E-state index < -0.39 is 5.97 Å². The number of nitrogen functional groups attached to an aromatic ring is 1. The minimum atomic E-state index is -0.522. The highest BCUT2D eigenvalue weighted by Crippen LogP contribution is 2.20. The van der Waals surface area contributed by atoms with E-state index in [1.54, 1.807) is 0 Å². The van der Waals surface area contributed by atoms with Crippen LogP contribution in [0.4, 0.5) is 5.69 Å². The molecule has 0 heterocycles. The van der Waals surface area contributed by atoms with Crippen LogP contribution in [0.2, 0.25) is 0 Å². The maximum absolute atomic E-state index is 11.6. The fourth-order valence-electron chi connectivity index (χ4n) is 1.49. The van der Waals surface area contributed by atoms with Crippen LogP contribution in [-0.4, -0.2) is 17.7 Å². The van der Waals surface area contributed by atoms with Gasteiger partial charge in [0.05, 0.1) is 6.61 Å². The summed E-state index contributed by atoms with van der Waals surface area (Å²) >= 11 is 0. The summed E-state index contributed by atoms with van der Waals surface area (Å²) in [6, 6.07) is 4.35. The molecule has 0 saturated carbocycles. The molecule has 4 nitrogen and oxygen atoms in total. The molecule has 0 aliphatic rings. The molecule has 0 unspecified atom stereocenters. The van der Waals surface area contributed by atoms with Crippen molar-refractivity contribution in [1.82, 2.24) is 0 Å². The largest absolute Gasteiger partial charge is 0.507 e. The van der Waals surface area contributed by atoms with E-state index >= 15 is 0 Å². The molecule has 0 bridgehead atoms. The second kappa shape index (κ2) is 6.78. The normalized spacial score (nSPS) is 10.2. The molecule has 0 spiro atoms. The van der Waals surface area contributed by atoms with Crippen molar-refractivity contribution in [3.63, 3.8) is 0 Å². The van der Waals surface area contributed by atoms with Crippen LogP contribution in [0, 0.1) is 0 Å². The lowest BCUT2D eigenvalue weighted by Gasteiger charge is -2.06. The first-order valence-corrected chi connectivity index (χ1v) is 5.90. The second-order valence-electron chi connectivity index (χ2n) is 3.97. The van der Waals surface area contributed by atoms with Crippen molar-refractivity contribution in [3.8, 4) is 5.75 Å². The summed E-state index contributed by atoms with van der Waals surface area (Å²) in [5.41, 5.74) is 6.10. The molecule has 1 aromatic carbocycles. The van der Waals surface area contributed by atoms with Gasteiger partial charge >= 0.3 is 5.97 Å². The van der Waals surface area contributed by atoms with Crippen molar-refractivity contribution in [2.24, 2.45) is 0 Å². The molecule has 0 aromatic heterocycles. The number of nitrogens with two attached hydrogens (primary N) is 1. The lowest BCUT2D eigenvalue weighted by Crippen LogP contribution is -2.07. The first kappa shape index (κ1) is 13.4. The number of ether oxygens (including phenoxy) is 1. The van der Waals surface area contributed by atoms with Gasteiger partial charge in [-0.1, -0.05) is 26.2 Å². The summed E-state index contributed by atoms with van der Waals surface area (Å²) in [7, 11) is 0. The van der Waals surface area contributed by atoms with E-state index in [4.69, 9.17) is 10.5 Å². The van der Waals surface area contributed by atoms with Crippen LogP contribution < -0.4 is 5.73 Å². The topological polar surface area (TPSA) is 72.5 Å². The predicted molar refractivity (Wildman–Crippen MR) is 66.9 cm³/mol. The SMILES string of the molecule is CCCCCCOC(=O)c1cc(N)ccc1O. The van der Waals surface area contributed by atoms with Crippen LogP contribution in [-0.2, 0) is 4.74 Å². The molecule has 0 radical (unpaired) electrons. The molecule has 0 aliphatic carbocycles. The number of unbranched alkanes of at least 4 members (excludes halogenated alkanes) is 3. The first-order valence-electron chi connectivity index (χ1n) is 5.90. The third-order valence-corrected chi connectivity index (χ3v) is 2.47. The molecule has 1 aromatic rings. The smallest absolute Gasteiger partial charge is 0.341 e. The Balaban J connectivity index is 2.44. The zero-order valence-electron chi connectivity index (χ0n) is 10.1. The van der Waals surface area contributed by atoms with Gasteiger partial charge in [0.2, 0.25) is 0 Å². The standard InChI is InChI=1S/C13H19NO3/c1-2-3-4-5-8-17-13(16)11-9-10(14)6-7-12(11)15/h6-7,9,15H,2-5,8,14H2,1H3. The number of anilines is 1. The Morgan fingerprint density at radius 1 is 1.35 bits per heavy atom. The van der Waals surface area contributed by atoms with Crippen LogP contribution in [0.25, 0.3) is 0 Å². The van der Waals surface area contributed by atoms with E-state index in [1.165, 1.54) is 18.2 Å². The maximum Gasteiger partial charge on any atom is 0.341 e. The van der Waals surface area contributed by atoms with E-state index in [0.29, 0.717) is 12.3 Å². The quantitative estimate of drug-likeness (QED) is 0.345. The minimum absolute atomic E-state index is 0.0993. The number of carbonyl (C=O) groups excluding carboxylic acids is 1. The third-order valence-electron chi connectivity index (χ3n) is 2.47. The highest BCUT2D eigenvalue weighted by molar-refractivity contribution is 5.93. The molecule has 94 valence electrons. The van der Waals surface area contributed by atoms with Crippen LogP contribution in [0.15, 0.2) is 18.2 Å². The zero-order chi connectivity index (χ0) is 12.7. The van der Waals surface area contributed by atoms with Gasteiger partial charge < -0.3 is 15.6 Å². The summed E-state index contributed by atoms with van der Waals surface area (Å²) in [4.78, 5) is 11.6. The van der Waals surface area contributed by atoms with Crippen LogP contribution in [0.1, 0.15) is 43.0 Å². The van der Waals surface area contributed by atoms with Crippen LogP contribution >= 0.6 is 0 Å². The number of benzene rings is 1. The third kappa shape index (κ3) is 4.34. The highest BCUT2D eigenvalue weighted by atomic mass is 16.5. The molecule has 3 N–H and O–H groups in total. The lowest BCUT2D eigenvalue weighted by molar-refractivity contribution is 0.0494. The Kier molecular flexibility index (Phi) is 5.33. The number of rotatable bonds is 6. The number of hydrogen-bond acceptors (Lipinski definition) is 4.